The summed E-state index contributed by atoms with van der Waals surface area (Å²) in [4.78, 5) is 22.6. The summed E-state index contributed by atoms with van der Waals surface area (Å²) >= 11 is 0. The van der Waals surface area contributed by atoms with Crippen LogP contribution in [0.1, 0.15) is 46.5 Å². The molecule has 0 aromatic heterocycles. The maximum atomic E-state index is 11.6. The van der Waals surface area contributed by atoms with E-state index in [-0.39, 0.29) is 0 Å². The lowest BCUT2D eigenvalue weighted by Crippen LogP contribution is -2.52. The molecule has 3 N–H and O–H groups in total. The molecule has 1 aliphatic rings. The van der Waals surface area contributed by atoms with Gasteiger partial charge in [0, 0.05) is 6.54 Å². The van der Waals surface area contributed by atoms with Gasteiger partial charge in [-0.3, -0.25) is 0 Å². The summed E-state index contributed by atoms with van der Waals surface area (Å²) < 4.78 is 0. The van der Waals surface area contributed by atoms with Gasteiger partial charge in [-0.1, -0.05) is 33.6 Å². The molecule has 0 aromatic rings. The number of carbonyl (C=O) groups excluding carboxylic acids is 1. The van der Waals surface area contributed by atoms with Gasteiger partial charge in [-0.15, -0.1) is 0 Å². The Morgan fingerprint density at radius 1 is 1.33 bits per heavy atom. The number of amides is 2. The van der Waals surface area contributed by atoms with Crippen LogP contribution in [0, 0.1) is 11.3 Å². The smallest absolute Gasteiger partial charge is 0.326 e. The van der Waals surface area contributed by atoms with Crippen molar-refractivity contribution in [3.8, 4) is 0 Å². The van der Waals surface area contributed by atoms with Crippen LogP contribution in [0.15, 0.2) is 0 Å². The van der Waals surface area contributed by atoms with Gasteiger partial charge < -0.3 is 15.7 Å². The zero-order valence-corrected chi connectivity index (χ0v) is 11.5. The predicted molar refractivity (Wildman–Crippen MR) is 69.4 cm³/mol. The summed E-state index contributed by atoms with van der Waals surface area (Å²) in [5.41, 5.74) is -0.503. The molecule has 0 unspecified atom stereocenters. The molecule has 0 heterocycles. The van der Waals surface area contributed by atoms with Crippen molar-refractivity contribution >= 4 is 12.0 Å². The van der Waals surface area contributed by atoms with E-state index in [9.17, 15) is 9.59 Å². The van der Waals surface area contributed by atoms with Crippen LogP contribution in [0.3, 0.4) is 0 Å². The summed E-state index contributed by atoms with van der Waals surface area (Å²) in [6.45, 7) is 5.98. The highest BCUT2D eigenvalue weighted by atomic mass is 16.4. The minimum atomic E-state index is -1.00. The lowest BCUT2D eigenvalue weighted by molar-refractivity contribution is -0.141. The van der Waals surface area contributed by atoms with Gasteiger partial charge >= 0.3 is 12.0 Å². The highest BCUT2D eigenvalue weighted by Gasteiger charge is 2.32. The van der Waals surface area contributed by atoms with Crippen LogP contribution in [0.2, 0.25) is 0 Å². The van der Waals surface area contributed by atoms with Crippen molar-refractivity contribution in [1.82, 2.24) is 10.6 Å². The van der Waals surface area contributed by atoms with Gasteiger partial charge in [-0.05, 0) is 24.2 Å². The molecule has 0 aromatic carbocycles. The zero-order chi connectivity index (χ0) is 13.8. The summed E-state index contributed by atoms with van der Waals surface area (Å²) in [6, 6.07) is -1.27. The monoisotopic (exact) mass is 256 g/mol. The molecular weight excluding hydrogens is 232 g/mol. The first-order valence-electron chi connectivity index (χ1n) is 6.58. The fraction of sp³-hybridized carbons (Fsp3) is 0.846. The zero-order valence-electron chi connectivity index (χ0n) is 11.5. The molecule has 1 atom stereocenters. The first-order valence-corrected chi connectivity index (χ1v) is 6.58. The minimum absolute atomic E-state index is 0.395. The fourth-order valence-electron chi connectivity index (χ4n) is 1.83. The molecule has 2 amide bonds. The first kappa shape index (κ1) is 14.8. The Kier molecular flexibility index (Phi) is 4.99. The third-order valence-electron chi connectivity index (χ3n) is 3.16. The van der Waals surface area contributed by atoms with Crippen molar-refractivity contribution in [3.63, 3.8) is 0 Å². The van der Waals surface area contributed by atoms with Gasteiger partial charge in [-0.2, -0.15) is 0 Å². The van der Waals surface area contributed by atoms with Gasteiger partial charge in [0.25, 0.3) is 0 Å². The number of rotatable bonds is 6. The van der Waals surface area contributed by atoms with Crippen LogP contribution in [-0.2, 0) is 4.79 Å². The lowest BCUT2D eigenvalue weighted by Gasteiger charge is -2.27. The van der Waals surface area contributed by atoms with Crippen LogP contribution < -0.4 is 10.6 Å². The van der Waals surface area contributed by atoms with E-state index in [4.69, 9.17) is 5.11 Å². The molecule has 1 rings (SSSR count). The standard InChI is InChI=1S/C13H24N2O3/c1-13(2,3)10(11(16)17)15-12(18)14-8-4-5-9-6-7-9/h9-10H,4-8H2,1-3H3,(H,16,17)(H2,14,15,18)/t10-/m1/s1. The van der Waals surface area contributed by atoms with E-state index in [1.807, 2.05) is 0 Å². The summed E-state index contributed by atoms with van der Waals surface area (Å²) in [7, 11) is 0. The Morgan fingerprint density at radius 2 is 1.94 bits per heavy atom. The number of carboxylic acids is 1. The molecule has 0 radical (unpaired) electrons. The van der Waals surface area contributed by atoms with E-state index >= 15 is 0 Å². The van der Waals surface area contributed by atoms with Gasteiger partial charge in [0.15, 0.2) is 0 Å². The normalized spacial score (nSPS) is 17.1. The van der Waals surface area contributed by atoms with Crippen LogP contribution in [0.25, 0.3) is 0 Å². The van der Waals surface area contributed by atoms with Crippen molar-refractivity contribution in [1.29, 1.82) is 0 Å². The molecule has 1 saturated carbocycles. The number of aliphatic carboxylic acids is 1. The topological polar surface area (TPSA) is 78.4 Å². The SMILES string of the molecule is CC(C)(C)[C@H](NC(=O)NCCCC1CC1)C(=O)O. The summed E-state index contributed by atoms with van der Waals surface area (Å²) in [6.07, 6.45) is 4.75. The Balaban J connectivity index is 2.25. The molecule has 5 nitrogen and oxygen atoms in total. The second-order valence-electron chi connectivity index (χ2n) is 6.12. The lowest BCUT2D eigenvalue weighted by atomic mass is 9.87. The number of urea groups is 1. The van der Waals surface area contributed by atoms with Crippen LogP contribution in [0.4, 0.5) is 4.79 Å². The molecule has 0 spiro atoms. The van der Waals surface area contributed by atoms with Crippen molar-refractivity contribution in [2.75, 3.05) is 6.54 Å². The molecule has 0 saturated heterocycles. The van der Waals surface area contributed by atoms with Crippen LogP contribution in [-0.4, -0.2) is 29.7 Å². The molecule has 18 heavy (non-hydrogen) atoms. The Bertz CT molecular complexity index is 306. The van der Waals surface area contributed by atoms with Gasteiger partial charge in [0.2, 0.25) is 0 Å². The molecule has 1 fully saturated rings. The van der Waals surface area contributed by atoms with Crippen molar-refractivity contribution in [2.45, 2.75) is 52.5 Å². The Labute approximate surface area is 108 Å². The largest absolute Gasteiger partial charge is 0.480 e. The maximum absolute atomic E-state index is 11.6. The third-order valence-corrected chi connectivity index (χ3v) is 3.16. The fourth-order valence-corrected chi connectivity index (χ4v) is 1.83. The molecule has 1 aliphatic carbocycles. The minimum Gasteiger partial charge on any atom is -0.480 e. The molecular formula is C13H24N2O3. The molecule has 0 bridgehead atoms. The predicted octanol–water partition coefficient (Wildman–Crippen LogP) is 1.98. The highest BCUT2D eigenvalue weighted by molar-refractivity contribution is 5.83. The van der Waals surface area contributed by atoms with E-state index in [2.05, 4.69) is 10.6 Å². The van der Waals surface area contributed by atoms with Gasteiger partial charge in [0.05, 0.1) is 0 Å². The quantitative estimate of drug-likeness (QED) is 0.636. The number of carboxylic acid groups (broad SMARTS) is 1. The molecule has 5 heteroatoms. The van der Waals surface area contributed by atoms with Crippen molar-refractivity contribution in [3.05, 3.63) is 0 Å². The average Bonchev–Trinajstić information content (AvgIpc) is 3.02. The second-order valence-corrected chi connectivity index (χ2v) is 6.12. The first-order chi connectivity index (χ1) is 8.30. The van der Waals surface area contributed by atoms with Gasteiger partial charge in [0.1, 0.15) is 6.04 Å². The van der Waals surface area contributed by atoms with E-state index in [1.54, 1.807) is 20.8 Å². The third kappa shape index (κ3) is 5.38. The number of carbonyl (C=O) groups is 2. The average molecular weight is 256 g/mol. The molecule has 104 valence electrons. The summed E-state index contributed by atoms with van der Waals surface area (Å²) in [5.74, 6) is -0.146. The second kappa shape index (κ2) is 6.07. The van der Waals surface area contributed by atoms with Crippen molar-refractivity contribution in [2.24, 2.45) is 11.3 Å². The van der Waals surface area contributed by atoms with Crippen molar-refractivity contribution < 1.29 is 14.7 Å². The molecule has 0 aliphatic heterocycles. The number of hydrogen-bond acceptors (Lipinski definition) is 2. The van der Waals surface area contributed by atoms with E-state index in [1.165, 1.54) is 12.8 Å². The van der Waals surface area contributed by atoms with E-state index in [0.29, 0.717) is 6.54 Å². The van der Waals surface area contributed by atoms with E-state index < -0.39 is 23.5 Å². The van der Waals surface area contributed by atoms with Crippen LogP contribution >= 0.6 is 0 Å². The summed E-state index contributed by atoms with van der Waals surface area (Å²) in [5, 5.41) is 14.3. The number of hydrogen-bond donors (Lipinski definition) is 3. The Hall–Kier alpha value is -1.26. The van der Waals surface area contributed by atoms with Gasteiger partial charge in [-0.25, -0.2) is 9.59 Å². The van der Waals surface area contributed by atoms with Crippen LogP contribution in [0.5, 0.6) is 0 Å². The Morgan fingerprint density at radius 3 is 2.39 bits per heavy atom. The highest BCUT2D eigenvalue weighted by Crippen LogP contribution is 2.33. The number of nitrogens with one attached hydrogen (secondary N) is 2. The maximum Gasteiger partial charge on any atom is 0.326 e. The van der Waals surface area contributed by atoms with E-state index in [0.717, 1.165) is 18.8 Å².